The third-order valence-electron chi connectivity index (χ3n) is 3.88. The second-order valence-corrected chi connectivity index (χ2v) is 5.50. The van der Waals surface area contributed by atoms with Gasteiger partial charge in [-0.05, 0) is 31.2 Å². The highest BCUT2D eigenvalue weighted by Gasteiger charge is 2.41. The van der Waals surface area contributed by atoms with Crippen LogP contribution in [-0.2, 0) is 0 Å². The molecule has 1 aliphatic carbocycles. The van der Waals surface area contributed by atoms with Crippen LogP contribution in [0.5, 0.6) is 0 Å². The zero-order valence-corrected chi connectivity index (χ0v) is 12.5. The van der Waals surface area contributed by atoms with Crippen molar-refractivity contribution in [3.8, 4) is 0 Å². The molecule has 1 aromatic rings. The van der Waals surface area contributed by atoms with Crippen LogP contribution in [0, 0.1) is 11.8 Å². The van der Waals surface area contributed by atoms with Crippen molar-refractivity contribution in [1.82, 2.24) is 20.5 Å². The van der Waals surface area contributed by atoms with Gasteiger partial charge in [-0.3, -0.25) is 5.10 Å². The molecule has 1 saturated carbocycles. The first-order valence-electron chi connectivity index (χ1n) is 6.38. The van der Waals surface area contributed by atoms with Crippen LogP contribution in [-0.4, -0.2) is 28.3 Å². The SMILES string of the molecule is CC(C)c1n[nH]c(C2CNCC2C2CC2)n1.Cl.Cl. The first kappa shape index (κ1) is 15.7. The van der Waals surface area contributed by atoms with Gasteiger partial charge in [-0.1, -0.05) is 13.8 Å². The Bertz CT molecular complexity index is 376. The van der Waals surface area contributed by atoms with E-state index in [1.165, 1.54) is 12.8 Å². The lowest BCUT2D eigenvalue weighted by molar-refractivity contribution is 0.443. The van der Waals surface area contributed by atoms with Gasteiger partial charge in [0.2, 0.25) is 0 Å². The molecule has 2 unspecified atom stereocenters. The number of nitrogens with one attached hydrogen (secondary N) is 2. The number of halogens is 2. The first-order chi connectivity index (χ1) is 7.75. The standard InChI is InChI=1S/C12H20N4.2ClH/c1-7(2)11-14-12(16-15-11)10-6-13-5-9(10)8-3-4-8;;/h7-10,13H,3-6H2,1-2H3,(H,14,15,16);2*1H. The molecular weight excluding hydrogens is 271 g/mol. The topological polar surface area (TPSA) is 53.6 Å². The predicted molar refractivity (Wildman–Crippen MR) is 76.8 cm³/mol. The van der Waals surface area contributed by atoms with Gasteiger partial charge in [0, 0.05) is 18.4 Å². The van der Waals surface area contributed by atoms with Crippen LogP contribution in [0.15, 0.2) is 0 Å². The summed E-state index contributed by atoms with van der Waals surface area (Å²) in [4.78, 5) is 4.65. The Kier molecular flexibility index (Phi) is 5.44. The fourth-order valence-corrected chi connectivity index (χ4v) is 2.73. The summed E-state index contributed by atoms with van der Waals surface area (Å²) in [6.45, 7) is 6.50. The molecule has 2 atom stereocenters. The second kappa shape index (κ2) is 6.22. The molecule has 3 rings (SSSR count). The fourth-order valence-electron chi connectivity index (χ4n) is 2.73. The van der Waals surface area contributed by atoms with Gasteiger partial charge in [0.05, 0.1) is 0 Å². The molecule has 1 aromatic heterocycles. The van der Waals surface area contributed by atoms with Crippen LogP contribution in [0.3, 0.4) is 0 Å². The van der Waals surface area contributed by atoms with Gasteiger partial charge in [0.15, 0.2) is 5.82 Å². The molecule has 0 bridgehead atoms. The summed E-state index contributed by atoms with van der Waals surface area (Å²) in [5.74, 6) is 4.76. The van der Waals surface area contributed by atoms with Crippen LogP contribution < -0.4 is 5.32 Å². The quantitative estimate of drug-likeness (QED) is 0.900. The largest absolute Gasteiger partial charge is 0.316 e. The molecule has 1 saturated heterocycles. The molecular formula is C12H22Cl2N4. The normalized spacial score (nSPS) is 26.8. The van der Waals surface area contributed by atoms with E-state index >= 15 is 0 Å². The maximum atomic E-state index is 4.65. The van der Waals surface area contributed by atoms with Crippen molar-refractivity contribution >= 4 is 24.8 Å². The van der Waals surface area contributed by atoms with Crippen molar-refractivity contribution in [2.45, 2.75) is 38.5 Å². The van der Waals surface area contributed by atoms with Gasteiger partial charge in [-0.15, -0.1) is 24.8 Å². The number of hydrogen-bond donors (Lipinski definition) is 2. The van der Waals surface area contributed by atoms with Crippen LogP contribution in [0.2, 0.25) is 0 Å². The molecule has 18 heavy (non-hydrogen) atoms. The van der Waals surface area contributed by atoms with Gasteiger partial charge in [-0.25, -0.2) is 4.98 Å². The minimum absolute atomic E-state index is 0. The van der Waals surface area contributed by atoms with Crippen molar-refractivity contribution in [3.05, 3.63) is 11.6 Å². The minimum Gasteiger partial charge on any atom is -0.316 e. The lowest BCUT2D eigenvalue weighted by atomic mass is 9.91. The van der Waals surface area contributed by atoms with Gasteiger partial charge in [0.25, 0.3) is 0 Å². The Morgan fingerprint density at radius 2 is 1.89 bits per heavy atom. The number of aromatic nitrogens is 3. The molecule has 2 fully saturated rings. The number of H-pyrrole nitrogens is 1. The Morgan fingerprint density at radius 1 is 1.17 bits per heavy atom. The summed E-state index contributed by atoms with van der Waals surface area (Å²) in [7, 11) is 0. The number of hydrogen-bond acceptors (Lipinski definition) is 3. The van der Waals surface area contributed by atoms with Crippen molar-refractivity contribution < 1.29 is 0 Å². The summed E-state index contributed by atoms with van der Waals surface area (Å²) >= 11 is 0. The molecule has 104 valence electrons. The van der Waals surface area contributed by atoms with Crippen molar-refractivity contribution in [2.75, 3.05) is 13.1 Å². The summed E-state index contributed by atoms with van der Waals surface area (Å²) < 4.78 is 0. The maximum Gasteiger partial charge on any atom is 0.153 e. The Hall–Kier alpha value is -0.320. The second-order valence-electron chi connectivity index (χ2n) is 5.50. The third kappa shape index (κ3) is 2.98. The van der Waals surface area contributed by atoms with Crippen LogP contribution in [0.25, 0.3) is 0 Å². The highest BCUT2D eigenvalue weighted by molar-refractivity contribution is 5.85. The van der Waals surface area contributed by atoms with Crippen molar-refractivity contribution in [1.29, 1.82) is 0 Å². The van der Waals surface area contributed by atoms with Gasteiger partial charge >= 0.3 is 0 Å². The Morgan fingerprint density at radius 3 is 2.44 bits per heavy atom. The predicted octanol–water partition coefficient (Wildman–Crippen LogP) is 2.48. The number of rotatable bonds is 3. The van der Waals surface area contributed by atoms with E-state index in [0.717, 1.165) is 36.6 Å². The molecule has 1 aliphatic heterocycles. The maximum absolute atomic E-state index is 4.65. The molecule has 4 nitrogen and oxygen atoms in total. The summed E-state index contributed by atoms with van der Waals surface area (Å²) in [6, 6.07) is 0. The van der Waals surface area contributed by atoms with E-state index in [0.29, 0.717) is 11.8 Å². The highest BCUT2D eigenvalue weighted by Crippen LogP contribution is 2.44. The van der Waals surface area contributed by atoms with Crippen molar-refractivity contribution in [3.63, 3.8) is 0 Å². The van der Waals surface area contributed by atoms with E-state index in [-0.39, 0.29) is 24.8 Å². The average Bonchev–Trinajstić information content (AvgIpc) is 2.83. The summed E-state index contributed by atoms with van der Waals surface area (Å²) in [5, 5.41) is 10.9. The molecule has 2 N–H and O–H groups in total. The van der Waals surface area contributed by atoms with E-state index in [1.54, 1.807) is 0 Å². The average molecular weight is 293 g/mol. The first-order valence-corrected chi connectivity index (χ1v) is 6.38. The molecule has 6 heteroatoms. The monoisotopic (exact) mass is 292 g/mol. The van der Waals surface area contributed by atoms with E-state index in [1.807, 2.05) is 0 Å². The highest BCUT2D eigenvalue weighted by atomic mass is 35.5. The van der Waals surface area contributed by atoms with Crippen LogP contribution in [0.1, 0.15) is 50.2 Å². The lowest BCUT2D eigenvalue weighted by Gasteiger charge is -2.14. The van der Waals surface area contributed by atoms with Gasteiger partial charge < -0.3 is 5.32 Å². The van der Waals surface area contributed by atoms with E-state index in [9.17, 15) is 0 Å². The summed E-state index contributed by atoms with van der Waals surface area (Å²) in [5.41, 5.74) is 0. The van der Waals surface area contributed by atoms with E-state index in [4.69, 9.17) is 0 Å². The molecule has 0 amide bonds. The van der Waals surface area contributed by atoms with Crippen LogP contribution in [0.4, 0.5) is 0 Å². The number of aromatic amines is 1. The fraction of sp³-hybridized carbons (Fsp3) is 0.833. The molecule has 0 aromatic carbocycles. The zero-order chi connectivity index (χ0) is 11.1. The molecule has 2 heterocycles. The molecule has 0 spiro atoms. The Balaban J connectivity index is 0.000000810. The summed E-state index contributed by atoms with van der Waals surface area (Å²) in [6.07, 6.45) is 2.82. The van der Waals surface area contributed by atoms with Gasteiger partial charge in [0.1, 0.15) is 5.82 Å². The number of nitrogens with zero attached hydrogens (tertiary/aromatic N) is 2. The lowest BCUT2D eigenvalue weighted by Crippen LogP contribution is -2.14. The van der Waals surface area contributed by atoms with Gasteiger partial charge in [-0.2, -0.15) is 5.10 Å². The minimum atomic E-state index is 0. The van der Waals surface area contributed by atoms with E-state index < -0.39 is 0 Å². The Labute approximate surface area is 121 Å². The zero-order valence-electron chi connectivity index (χ0n) is 10.8. The molecule has 2 aliphatic rings. The van der Waals surface area contributed by atoms with Crippen molar-refractivity contribution in [2.24, 2.45) is 11.8 Å². The third-order valence-corrected chi connectivity index (χ3v) is 3.88. The van der Waals surface area contributed by atoms with Crippen LogP contribution >= 0.6 is 24.8 Å². The van der Waals surface area contributed by atoms with E-state index in [2.05, 4.69) is 34.3 Å². The molecule has 0 radical (unpaired) electrons. The smallest absolute Gasteiger partial charge is 0.153 e.